The fraction of sp³-hybridized carbons (Fsp3) is 0.833. The normalized spacial score (nSPS) is 9.43. The zero-order valence-corrected chi connectivity index (χ0v) is 15.5. The van der Waals surface area contributed by atoms with Gasteiger partial charge in [-0.25, -0.2) is 0 Å². The van der Waals surface area contributed by atoms with E-state index in [9.17, 15) is 18.0 Å². The Morgan fingerprint density at radius 1 is 0.905 bits per heavy atom. The molecule has 0 spiro atoms. The van der Waals surface area contributed by atoms with Crippen molar-refractivity contribution in [3.8, 4) is 0 Å². The molecule has 0 saturated carbocycles. The molecule has 120 valence electrons. The monoisotopic (exact) mass is 334 g/mol. The molecule has 2 N–H and O–H groups in total. The first kappa shape index (κ1) is 25.8. The zero-order valence-electron chi connectivity index (χ0n) is 12.7. The third-order valence-electron chi connectivity index (χ3n) is 2.23. The van der Waals surface area contributed by atoms with Crippen molar-refractivity contribution in [3.63, 3.8) is 0 Å². The van der Waals surface area contributed by atoms with Crippen molar-refractivity contribution in [1.82, 2.24) is 0 Å². The van der Waals surface area contributed by atoms with Gasteiger partial charge in [0.25, 0.3) is 0 Å². The molecule has 0 aromatic carbocycles. The van der Waals surface area contributed by atoms with Gasteiger partial charge in [0, 0.05) is 6.61 Å². The van der Waals surface area contributed by atoms with Crippen LogP contribution in [0.3, 0.4) is 0 Å². The second kappa shape index (κ2) is 19.9. The van der Waals surface area contributed by atoms with Crippen molar-refractivity contribution in [3.05, 3.63) is 0 Å². The van der Waals surface area contributed by atoms with Crippen LogP contribution in [-0.4, -0.2) is 28.8 Å². The first-order chi connectivity index (χ1) is 9.40. The number of carboxylic acids is 2. The van der Waals surface area contributed by atoms with E-state index in [4.69, 9.17) is 10.2 Å². The van der Waals surface area contributed by atoms with Gasteiger partial charge >= 0.3 is 41.5 Å². The van der Waals surface area contributed by atoms with E-state index in [-0.39, 0.29) is 42.4 Å². The summed E-state index contributed by atoms with van der Waals surface area (Å²) >= 11 is 0. The predicted octanol–water partition coefficient (Wildman–Crippen LogP) is -0.472. The van der Waals surface area contributed by atoms with Gasteiger partial charge in [0.1, 0.15) is 0 Å². The van der Waals surface area contributed by atoms with E-state index in [0.29, 0.717) is 6.61 Å². The van der Waals surface area contributed by atoms with Crippen molar-refractivity contribution in [2.24, 2.45) is 0 Å². The summed E-state index contributed by atoms with van der Waals surface area (Å²) in [4.78, 5) is 19.3. The van der Waals surface area contributed by atoms with Gasteiger partial charge in [0.15, 0.2) is 0 Å². The number of rotatable bonds is 11. The molecule has 0 atom stereocenters. The predicted molar refractivity (Wildman–Crippen MR) is 72.6 cm³/mol. The first-order valence-corrected chi connectivity index (χ1v) is 7.56. The van der Waals surface area contributed by atoms with E-state index in [2.05, 4.69) is 11.1 Å². The van der Waals surface area contributed by atoms with Gasteiger partial charge in [-0.3, -0.25) is 9.59 Å². The fourth-order valence-corrected chi connectivity index (χ4v) is 1.48. The number of carbonyl (C=O) groups is 2. The molecular weight excluding hydrogens is 311 g/mol. The van der Waals surface area contributed by atoms with Crippen LogP contribution in [-0.2, 0) is 33.2 Å². The molecule has 0 aliphatic carbocycles. The summed E-state index contributed by atoms with van der Waals surface area (Å²) in [5, 5.41) is 15.8. The smallest absolute Gasteiger partial charge is 0.481 e. The Morgan fingerprint density at radius 3 is 1.71 bits per heavy atom. The standard InChI is InChI=1S/C8H17O3S.C4H6O4.Na/c1-2-3-4-5-6-7-8-11-12(9)10;5-3(6)1-2-4(7)8;/h2-8H2,1H3;1-2H2,(H,5,6)(H,7,8);/q-1;;+1. The maximum Gasteiger partial charge on any atom is 1.00 e. The molecular formula is C12H23NaO7S. The summed E-state index contributed by atoms with van der Waals surface area (Å²) in [6.45, 7) is 2.51. The first-order valence-electron chi connectivity index (χ1n) is 6.56. The van der Waals surface area contributed by atoms with E-state index < -0.39 is 22.9 Å². The quantitative estimate of drug-likeness (QED) is 0.298. The number of aliphatic carboxylic acids is 2. The van der Waals surface area contributed by atoms with Crippen molar-refractivity contribution >= 4 is 22.9 Å². The second-order valence-electron chi connectivity index (χ2n) is 4.08. The van der Waals surface area contributed by atoms with Gasteiger partial charge in [-0.1, -0.05) is 39.0 Å². The largest absolute Gasteiger partial charge is 1.00 e. The molecule has 0 aliphatic rings. The molecule has 21 heavy (non-hydrogen) atoms. The van der Waals surface area contributed by atoms with E-state index in [1.54, 1.807) is 0 Å². The number of unbranched alkanes of at least 4 members (excludes halogenated alkanes) is 5. The van der Waals surface area contributed by atoms with E-state index in [1.165, 1.54) is 25.7 Å². The Hall–Kier alpha value is -0.150. The summed E-state index contributed by atoms with van der Waals surface area (Å²) in [6, 6.07) is 0. The Kier molecular flexibility index (Phi) is 24.4. The molecule has 9 heteroatoms. The van der Waals surface area contributed by atoms with Crippen molar-refractivity contribution in [2.45, 2.75) is 58.3 Å². The Morgan fingerprint density at radius 2 is 1.33 bits per heavy atom. The number of hydrogen-bond donors (Lipinski definition) is 2. The van der Waals surface area contributed by atoms with Crippen LogP contribution < -0.4 is 29.6 Å². The summed E-state index contributed by atoms with van der Waals surface area (Å²) in [7, 11) is -2.32. The van der Waals surface area contributed by atoms with Crippen LogP contribution in [0.2, 0.25) is 0 Å². The van der Waals surface area contributed by atoms with Crippen molar-refractivity contribution < 1.29 is 62.0 Å². The third-order valence-corrected chi connectivity index (χ3v) is 2.59. The molecule has 0 radical (unpaired) electrons. The summed E-state index contributed by atoms with van der Waals surface area (Å²) < 4.78 is 24.2. The molecule has 0 rings (SSSR count). The molecule has 0 unspecified atom stereocenters. The van der Waals surface area contributed by atoms with Gasteiger partial charge in [-0.2, -0.15) is 0 Å². The third kappa shape index (κ3) is 33.0. The SMILES string of the molecule is CCCCCCCCO[S-](=O)=O.O=C(O)CCC(=O)O.[Na+]. The average molecular weight is 334 g/mol. The molecule has 0 bridgehead atoms. The van der Waals surface area contributed by atoms with Crippen LogP contribution >= 0.6 is 0 Å². The maximum absolute atomic E-state index is 9.91. The van der Waals surface area contributed by atoms with Crippen LogP contribution in [0.4, 0.5) is 0 Å². The van der Waals surface area contributed by atoms with Gasteiger partial charge < -0.3 is 22.8 Å². The summed E-state index contributed by atoms with van der Waals surface area (Å²) in [6.07, 6.45) is 6.26. The van der Waals surface area contributed by atoms with Gasteiger partial charge in [-0.05, 0) is 6.42 Å². The van der Waals surface area contributed by atoms with Crippen LogP contribution in [0.1, 0.15) is 58.3 Å². The fourth-order valence-electron chi connectivity index (χ4n) is 1.22. The van der Waals surface area contributed by atoms with Crippen LogP contribution in [0.25, 0.3) is 0 Å². The van der Waals surface area contributed by atoms with Crippen LogP contribution in [0, 0.1) is 0 Å². The minimum atomic E-state index is -2.32. The Bertz CT molecular complexity index is 310. The zero-order chi connectivity index (χ0) is 15.8. The molecule has 0 fully saturated rings. The van der Waals surface area contributed by atoms with Crippen LogP contribution in [0.15, 0.2) is 0 Å². The average Bonchev–Trinajstić information content (AvgIpc) is 2.36. The second-order valence-corrected chi connectivity index (χ2v) is 4.73. The van der Waals surface area contributed by atoms with Crippen LogP contribution in [0.5, 0.6) is 0 Å². The summed E-state index contributed by atoms with van der Waals surface area (Å²) in [5.74, 6) is -2.15. The molecule has 7 nitrogen and oxygen atoms in total. The van der Waals surface area contributed by atoms with E-state index in [1.807, 2.05) is 0 Å². The van der Waals surface area contributed by atoms with Gasteiger partial charge in [-0.15, -0.1) is 0 Å². The minimum Gasteiger partial charge on any atom is -0.481 e. The van der Waals surface area contributed by atoms with E-state index >= 15 is 0 Å². The molecule has 0 saturated heterocycles. The Labute approximate surface area is 149 Å². The molecule has 0 amide bonds. The van der Waals surface area contributed by atoms with Crippen molar-refractivity contribution in [2.75, 3.05) is 6.61 Å². The number of hydrogen-bond acceptors (Lipinski definition) is 6. The minimum absolute atomic E-state index is 0. The van der Waals surface area contributed by atoms with Gasteiger partial charge in [0.05, 0.1) is 23.8 Å². The Balaban J connectivity index is -0.000000317. The summed E-state index contributed by atoms with van der Waals surface area (Å²) in [5.41, 5.74) is 0. The molecule has 0 aromatic rings. The topological polar surface area (TPSA) is 118 Å². The molecule has 0 aliphatic heterocycles. The maximum atomic E-state index is 9.91. The number of carboxylic acid groups (broad SMARTS) is 2. The van der Waals surface area contributed by atoms with Gasteiger partial charge in [0.2, 0.25) is 0 Å². The molecule has 0 aromatic heterocycles. The molecule has 0 heterocycles. The van der Waals surface area contributed by atoms with Crippen molar-refractivity contribution in [1.29, 1.82) is 0 Å². The van der Waals surface area contributed by atoms with E-state index in [0.717, 1.165) is 12.8 Å².